The van der Waals surface area contributed by atoms with E-state index in [1.54, 1.807) is 30.1 Å². The molecule has 0 spiro atoms. The second kappa shape index (κ2) is 6.20. The van der Waals surface area contributed by atoms with Gasteiger partial charge in [-0.15, -0.1) is 11.3 Å². The summed E-state index contributed by atoms with van der Waals surface area (Å²) < 4.78 is 12.2. The lowest BCUT2D eigenvalue weighted by Gasteiger charge is -2.20. The van der Waals surface area contributed by atoms with Gasteiger partial charge in [0.1, 0.15) is 17.2 Å². The maximum Gasteiger partial charge on any atom is 0.276 e. The van der Waals surface area contributed by atoms with E-state index in [0.717, 1.165) is 35.5 Å². The predicted octanol–water partition coefficient (Wildman–Crippen LogP) is -0.664. The first-order valence-corrected chi connectivity index (χ1v) is 8.66. The predicted molar refractivity (Wildman–Crippen MR) is 89.4 cm³/mol. The number of hydrogen-bond acceptors (Lipinski definition) is 8. The van der Waals surface area contributed by atoms with Gasteiger partial charge in [0.25, 0.3) is 5.78 Å². The molecule has 3 aromatic heterocycles. The highest BCUT2D eigenvalue weighted by molar-refractivity contribution is 7.19. The molecule has 4 heterocycles. The van der Waals surface area contributed by atoms with E-state index >= 15 is 0 Å². The van der Waals surface area contributed by atoms with Gasteiger partial charge in [0.05, 0.1) is 30.4 Å². The zero-order valence-corrected chi connectivity index (χ0v) is 14.7. The van der Waals surface area contributed by atoms with Gasteiger partial charge in [0.15, 0.2) is 6.29 Å². The lowest BCUT2D eigenvalue weighted by molar-refractivity contribution is -0.895. The van der Waals surface area contributed by atoms with Crippen molar-refractivity contribution in [2.45, 2.75) is 19.3 Å². The van der Waals surface area contributed by atoms with Crippen molar-refractivity contribution in [1.82, 2.24) is 25.0 Å². The molecule has 0 radical (unpaired) electrons. The molecule has 2 N–H and O–H groups in total. The molecular formula is C14H20N7O2S+. The highest BCUT2D eigenvalue weighted by atomic mass is 32.1. The summed E-state index contributed by atoms with van der Waals surface area (Å²) in [4.78, 5) is 8.55. The number of quaternary nitrogens is 1. The number of aromatic nitrogens is 5. The summed E-state index contributed by atoms with van der Waals surface area (Å²) in [6, 6.07) is 0. The number of anilines is 1. The zero-order valence-electron chi connectivity index (χ0n) is 13.9. The van der Waals surface area contributed by atoms with Gasteiger partial charge in [-0.1, -0.05) is 5.10 Å². The first kappa shape index (κ1) is 15.6. The Hall–Kier alpha value is -1.88. The summed E-state index contributed by atoms with van der Waals surface area (Å²) in [7, 11) is 5.46. The third-order valence-electron chi connectivity index (χ3n) is 4.39. The molecule has 3 aromatic rings. The van der Waals surface area contributed by atoms with Crippen molar-refractivity contribution in [2.24, 2.45) is 0 Å². The Morgan fingerprint density at radius 2 is 2.21 bits per heavy atom. The van der Waals surface area contributed by atoms with E-state index in [0.29, 0.717) is 12.3 Å². The largest absolute Gasteiger partial charge is 0.364 e. The van der Waals surface area contributed by atoms with Crippen LogP contribution in [0.3, 0.4) is 0 Å². The van der Waals surface area contributed by atoms with Crippen LogP contribution in [0.1, 0.15) is 10.4 Å². The van der Waals surface area contributed by atoms with Gasteiger partial charge in [-0.05, 0) is 16.0 Å². The maximum atomic E-state index is 5.26. The van der Waals surface area contributed by atoms with Crippen molar-refractivity contribution in [2.75, 3.05) is 39.7 Å². The minimum atomic E-state index is -0.334. The van der Waals surface area contributed by atoms with Crippen molar-refractivity contribution in [3.05, 3.63) is 10.4 Å². The lowest BCUT2D eigenvalue weighted by atomic mass is 10.1. The number of nitrogens with zero attached hydrogens (tertiary/aromatic N) is 5. The SMILES string of the molecule is COC(CNc1nc2nnnn2c2sc3c(c12)CC[NH+](C)C3)OC. The summed E-state index contributed by atoms with van der Waals surface area (Å²) in [5, 5.41) is 16.3. The van der Waals surface area contributed by atoms with Crippen LogP contribution in [0, 0.1) is 0 Å². The van der Waals surface area contributed by atoms with Crippen LogP contribution in [-0.2, 0) is 22.4 Å². The summed E-state index contributed by atoms with van der Waals surface area (Å²) >= 11 is 1.75. The van der Waals surface area contributed by atoms with Crippen LogP contribution >= 0.6 is 11.3 Å². The smallest absolute Gasteiger partial charge is 0.276 e. The molecule has 0 bridgehead atoms. The van der Waals surface area contributed by atoms with Crippen LogP contribution in [-0.4, -0.2) is 65.7 Å². The Morgan fingerprint density at radius 1 is 1.38 bits per heavy atom. The number of ether oxygens (including phenoxy) is 2. The molecule has 0 aromatic carbocycles. The van der Waals surface area contributed by atoms with E-state index in [4.69, 9.17) is 9.47 Å². The molecule has 24 heavy (non-hydrogen) atoms. The number of hydrogen-bond donors (Lipinski definition) is 2. The molecule has 0 amide bonds. The summed E-state index contributed by atoms with van der Waals surface area (Å²) in [5.41, 5.74) is 1.36. The summed E-state index contributed by atoms with van der Waals surface area (Å²) in [5.74, 6) is 1.29. The molecule has 1 unspecified atom stereocenters. The molecule has 10 heteroatoms. The number of fused-ring (bicyclic) bond motifs is 5. The zero-order chi connectivity index (χ0) is 16.7. The van der Waals surface area contributed by atoms with Crippen LogP contribution in [0.4, 0.5) is 5.82 Å². The molecule has 0 fully saturated rings. The third-order valence-corrected chi connectivity index (χ3v) is 5.60. The standard InChI is InChI=1S/C14H19N7O2S/c1-20-5-4-8-9(7-20)24-13-11(8)12(15-6-10(22-2)23-3)16-14-17-18-19-21(13)14/h10H,4-7H2,1-3H3,(H,15,16,17,19)/p+1. The fourth-order valence-electron chi connectivity index (χ4n) is 3.11. The van der Waals surface area contributed by atoms with Crippen LogP contribution < -0.4 is 10.2 Å². The van der Waals surface area contributed by atoms with Crippen molar-refractivity contribution in [1.29, 1.82) is 0 Å². The number of thiophene rings is 1. The van der Waals surface area contributed by atoms with Crippen LogP contribution in [0.5, 0.6) is 0 Å². The molecule has 0 aliphatic carbocycles. The Balaban J connectivity index is 1.84. The molecule has 128 valence electrons. The van der Waals surface area contributed by atoms with Crippen molar-refractivity contribution in [3.63, 3.8) is 0 Å². The van der Waals surface area contributed by atoms with Gasteiger partial charge in [0.2, 0.25) is 0 Å². The van der Waals surface area contributed by atoms with Crippen LogP contribution in [0.15, 0.2) is 0 Å². The fourth-order valence-corrected chi connectivity index (χ4v) is 4.52. The van der Waals surface area contributed by atoms with Crippen LogP contribution in [0.2, 0.25) is 0 Å². The van der Waals surface area contributed by atoms with E-state index in [1.807, 2.05) is 0 Å². The third kappa shape index (κ3) is 2.51. The molecular weight excluding hydrogens is 330 g/mol. The summed E-state index contributed by atoms with van der Waals surface area (Å²) in [6.45, 7) is 2.64. The average Bonchev–Trinajstić information content (AvgIpc) is 3.18. The number of rotatable bonds is 5. The molecule has 9 nitrogen and oxygen atoms in total. The quantitative estimate of drug-likeness (QED) is 0.590. The lowest BCUT2D eigenvalue weighted by Crippen LogP contribution is -3.08. The minimum absolute atomic E-state index is 0.334. The van der Waals surface area contributed by atoms with Gasteiger partial charge < -0.3 is 19.7 Å². The second-order valence-corrected chi connectivity index (χ2v) is 7.03. The average molecular weight is 350 g/mol. The molecule has 1 atom stereocenters. The highest BCUT2D eigenvalue weighted by Gasteiger charge is 2.26. The first-order valence-electron chi connectivity index (χ1n) is 7.84. The van der Waals surface area contributed by atoms with Gasteiger partial charge in [-0.3, -0.25) is 0 Å². The Morgan fingerprint density at radius 3 is 3.00 bits per heavy atom. The number of likely N-dealkylation sites (N-methyl/N-ethyl adjacent to an activating group) is 1. The fraction of sp³-hybridized carbons (Fsp3) is 0.571. The number of tetrazole rings is 1. The number of methoxy groups -OCH3 is 2. The van der Waals surface area contributed by atoms with Gasteiger partial charge in [-0.25, -0.2) is 0 Å². The van der Waals surface area contributed by atoms with Crippen molar-refractivity contribution >= 4 is 33.1 Å². The maximum absolute atomic E-state index is 5.26. The van der Waals surface area contributed by atoms with E-state index < -0.39 is 0 Å². The van der Waals surface area contributed by atoms with E-state index in [-0.39, 0.29) is 6.29 Å². The number of nitrogens with one attached hydrogen (secondary N) is 2. The van der Waals surface area contributed by atoms with E-state index in [9.17, 15) is 0 Å². The molecule has 4 rings (SSSR count). The minimum Gasteiger partial charge on any atom is -0.364 e. The molecule has 1 aliphatic rings. The topological polar surface area (TPSA) is 90.9 Å². The van der Waals surface area contributed by atoms with Crippen LogP contribution in [0.25, 0.3) is 16.0 Å². The van der Waals surface area contributed by atoms with Crippen molar-refractivity contribution in [3.8, 4) is 0 Å². The van der Waals surface area contributed by atoms with Gasteiger partial charge in [-0.2, -0.15) is 9.50 Å². The Kier molecular flexibility index (Phi) is 4.04. The van der Waals surface area contributed by atoms with Crippen molar-refractivity contribution < 1.29 is 14.4 Å². The van der Waals surface area contributed by atoms with E-state index in [2.05, 4.69) is 32.9 Å². The van der Waals surface area contributed by atoms with E-state index in [1.165, 1.54) is 15.3 Å². The molecule has 1 aliphatic heterocycles. The highest BCUT2D eigenvalue weighted by Crippen LogP contribution is 2.36. The van der Waals surface area contributed by atoms with Gasteiger partial charge >= 0.3 is 0 Å². The Labute approximate surface area is 142 Å². The van der Waals surface area contributed by atoms with Gasteiger partial charge in [0, 0.05) is 20.6 Å². The summed E-state index contributed by atoms with van der Waals surface area (Å²) in [6.07, 6.45) is 0.697. The Bertz CT molecular complexity index is 873. The normalized spacial score (nSPS) is 17.8. The monoisotopic (exact) mass is 350 g/mol. The molecule has 0 saturated carbocycles. The first-order chi connectivity index (χ1) is 11.7. The second-order valence-electron chi connectivity index (χ2n) is 5.95. The molecule has 0 saturated heterocycles.